The molecule has 5 nitrogen and oxygen atoms in total. The van der Waals surface area contributed by atoms with Gasteiger partial charge >= 0.3 is 0 Å². The summed E-state index contributed by atoms with van der Waals surface area (Å²) in [5.74, 6) is -0.0120. The fraction of sp³-hybridized carbons (Fsp3) is 0.857. The second-order valence-electron chi connectivity index (χ2n) is 5.62. The predicted octanol–water partition coefficient (Wildman–Crippen LogP) is 0.781. The van der Waals surface area contributed by atoms with Gasteiger partial charge in [0.25, 0.3) is 0 Å². The van der Waals surface area contributed by atoms with E-state index >= 15 is 0 Å². The average Bonchev–Trinajstić information content (AvgIpc) is 2.38. The lowest BCUT2D eigenvalue weighted by molar-refractivity contribution is -0.140. The number of amides is 1. The van der Waals surface area contributed by atoms with Crippen molar-refractivity contribution >= 4 is 11.7 Å². The summed E-state index contributed by atoms with van der Waals surface area (Å²) in [7, 11) is 0. The van der Waals surface area contributed by atoms with Gasteiger partial charge in [0.2, 0.25) is 5.91 Å². The lowest BCUT2D eigenvalue weighted by Gasteiger charge is -2.36. The third kappa shape index (κ3) is 5.28. The number of piperazine rings is 1. The van der Waals surface area contributed by atoms with Gasteiger partial charge in [0, 0.05) is 38.1 Å². The summed E-state index contributed by atoms with van der Waals surface area (Å²) >= 11 is 0. The van der Waals surface area contributed by atoms with Crippen molar-refractivity contribution in [3.05, 3.63) is 0 Å². The quantitative estimate of drug-likeness (QED) is 0.716. The zero-order valence-electron chi connectivity index (χ0n) is 12.5. The molecule has 0 unspecified atom stereocenters. The normalized spacial score (nSPS) is 17.3. The number of carbonyl (C=O) groups excluding carboxylic acids is 2. The summed E-state index contributed by atoms with van der Waals surface area (Å²) in [5.41, 5.74) is 0. The van der Waals surface area contributed by atoms with E-state index in [1.807, 2.05) is 18.7 Å². The minimum atomic E-state index is -0.0373. The van der Waals surface area contributed by atoms with Crippen LogP contribution < -0.4 is 0 Å². The van der Waals surface area contributed by atoms with E-state index in [2.05, 4.69) is 18.7 Å². The molecule has 1 saturated heterocycles. The standard InChI is InChI=1S/C14H26N2O3/c1-11(2)13(17)9-19-10-14(18)16-7-5-15(6-8-16)12(3)4/h11-12H,5-10H2,1-4H3. The lowest BCUT2D eigenvalue weighted by atomic mass is 10.1. The van der Waals surface area contributed by atoms with Crippen molar-refractivity contribution in [3.8, 4) is 0 Å². The Kier molecular flexibility index (Phi) is 6.45. The van der Waals surface area contributed by atoms with Gasteiger partial charge in [-0.2, -0.15) is 0 Å². The Morgan fingerprint density at radius 1 is 1.00 bits per heavy atom. The molecule has 1 aliphatic rings. The Bertz CT molecular complexity index is 308. The van der Waals surface area contributed by atoms with Crippen molar-refractivity contribution < 1.29 is 14.3 Å². The summed E-state index contributed by atoms with van der Waals surface area (Å²) in [6.07, 6.45) is 0. The third-order valence-electron chi connectivity index (χ3n) is 3.51. The Labute approximate surface area is 115 Å². The largest absolute Gasteiger partial charge is 0.364 e. The minimum absolute atomic E-state index is 0.0139. The van der Waals surface area contributed by atoms with Crippen LogP contribution in [0.1, 0.15) is 27.7 Å². The van der Waals surface area contributed by atoms with Crippen molar-refractivity contribution in [2.45, 2.75) is 33.7 Å². The summed E-state index contributed by atoms with van der Waals surface area (Å²) in [6, 6.07) is 0.525. The first-order chi connectivity index (χ1) is 8.91. The first-order valence-electron chi connectivity index (χ1n) is 7.04. The van der Waals surface area contributed by atoms with Crippen LogP contribution in [0.15, 0.2) is 0 Å². The highest BCUT2D eigenvalue weighted by Gasteiger charge is 2.22. The van der Waals surface area contributed by atoms with Gasteiger partial charge in [0.15, 0.2) is 5.78 Å². The SMILES string of the molecule is CC(C)C(=O)COCC(=O)N1CCN(C(C)C)CC1. The van der Waals surface area contributed by atoms with Gasteiger partial charge in [0.05, 0.1) is 0 Å². The van der Waals surface area contributed by atoms with Gasteiger partial charge in [-0.3, -0.25) is 14.5 Å². The predicted molar refractivity (Wildman–Crippen MR) is 74.0 cm³/mol. The molecule has 0 bridgehead atoms. The molecule has 110 valence electrons. The maximum Gasteiger partial charge on any atom is 0.248 e. The van der Waals surface area contributed by atoms with E-state index in [0.29, 0.717) is 6.04 Å². The second kappa shape index (κ2) is 7.60. The molecule has 0 aromatic carbocycles. The maximum absolute atomic E-state index is 11.9. The van der Waals surface area contributed by atoms with Crippen molar-refractivity contribution in [2.75, 3.05) is 39.4 Å². The van der Waals surface area contributed by atoms with E-state index in [1.54, 1.807) is 0 Å². The van der Waals surface area contributed by atoms with Crippen LogP contribution in [-0.4, -0.2) is 66.9 Å². The van der Waals surface area contributed by atoms with Gasteiger partial charge in [-0.25, -0.2) is 0 Å². The zero-order valence-corrected chi connectivity index (χ0v) is 12.5. The second-order valence-corrected chi connectivity index (χ2v) is 5.62. The molecule has 1 aliphatic heterocycles. The number of hydrogen-bond acceptors (Lipinski definition) is 4. The van der Waals surface area contributed by atoms with E-state index in [4.69, 9.17) is 4.74 Å². The smallest absolute Gasteiger partial charge is 0.248 e. The Morgan fingerprint density at radius 2 is 1.58 bits per heavy atom. The molecule has 0 aliphatic carbocycles. The molecule has 1 heterocycles. The summed E-state index contributed by atoms with van der Waals surface area (Å²) in [4.78, 5) is 27.4. The highest BCUT2D eigenvalue weighted by atomic mass is 16.5. The van der Waals surface area contributed by atoms with Crippen LogP contribution in [0.2, 0.25) is 0 Å². The average molecular weight is 270 g/mol. The van der Waals surface area contributed by atoms with Crippen LogP contribution in [0.3, 0.4) is 0 Å². The van der Waals surface area contributed by atoms with E-state index in [0.717, 1.165) is 26.2 Å². The molecule has 1 rings (SSSR count). The van der Waals surface area contributed by atoms with E-state index in [-0.39, 0.29) is 30.8 Å². The van der Waals surface area contributed by atoms with E-state index in [1.165, 1.54) is 0 Å². The summed E-state index contributed by atoms with van der Waals surface area (Å²) in [5, 5.41) is 0. The van der Waals surface area contributed by atoms with Crippen molar-refractivity contribution in [1.82, 2.24) is 9.80 Å². The maximum atomic E-state index is 11.9. The van der Waals surface area contributed by atoms with Gasteiger partial charge in [-0.1, -0.05) is 13.8 Å². The summed E-state index contributed by atoms with van der Waals surface area (Å²) < 4.78 is 5.19. The molecule has 19 heavy (non-hydrogen) atoms. The van der Waals surface area contributed by atoms with Crippen LogP contribution >= 0.6 is 0 Å². The highest BCUT2D eigenvalue weighted by Crippen LogP contribution is 2.06. The Morgan fingerprint density at radius 3 is 2.05 bits per heavy atom. The zero-order chi connectivity index (χ0) is 14.4. The van der Waals surface area contributed by atoms with Gasteiger partial charge in [-0.15, -0.1) is 0 Å². The van der Waals surface area contributed by atoms with E-state index in [9.17, 15) is 9.59 Å². The topological polar surface area (TPSA) is 49.9 Å². The van der Waals surface area contributed by atoms with Crippen molar-refractivity contribution in [2.24, 2.45) is 5.92 Å². The van der Waals surface area contributed by atoms with Crippen LogP contribution in [0.4, 0.5) is 0 Å². The first kappa shape index (κ1) is 16.1. The lowest BCUT2D eigenvalue weighted by Crippen LogP contribution is -2.51. The molecule has 0 N–H and O–H groups in total. The fourth-order valence-corrected chi connectivity index (χ4v) is 1.98. The molecule has 1 amide bonds. The molecule has 0 aromatic rings. The van der Waals surface area contributed by atoms with Crippen LogP contribution in [-0.2, 0) is 14.3 Å². The monoisotopic (exact) mass is 270 g/mol. The molecule has 0 aromatic heterocycles. The summed E-state index contributed by atoms with van der Waals surface area (Å²) in [6.45, 7) is 11.4. The molecular weight excluding hydrogens is 244 g/mol. The van der Waals surface area contributed by atoms with Crippen LogP contribution in [0, 0.1) is 5.92 Å². The van der Waals surface area contributed by atoms with Gasteiger partial charge in [0.1, 0.15) is 13.2 Å². The number of ether oxygens (including phenoxy) is 1. The molecule has 0 spiro atoms. The number of hydrogen-bond donors (Lipinski definition) is 0. The fourth-order valence-electron chi connectivity index (χ4n) is 1.98. The number of ketones is 1. The van der Waals surface area contributed by atoms with Crippen LogP contribution in [0.25, 0.3) is 0 Å². The van der Waals surface area contributed by atoms with E-state index < -0.39 is 0 Å². The Hall–Kier alpha value is -0.940. The molecule has 1 fully saturated rings. The van der Waals surface area contributed by atoms with Crippen LogP contribution in [0.5, 0.6) is 0 Å². The molecule has 0 atom stereocenters. The number of Topliss-reactive ketones (excluding diaryl/α,β-unsaturated/α-hetero) is 1. The van der Waals surface area contributed by atoms with Gasteiger partial charge in [-0.05, 0) is 13.8 Å². The number of rotatable bonds is 6. The molecular formula is C14H26N2O3. The third-order valence-corrected chi connectivity index (χ3v) is 3.51. The Balaban J connectivity index is 2.23. The highest BCUT2D eigenvalue weighted by molar-refractivity contribution is 5.82. The molecule has 5 heteroatoms. The van der Waals surface area contributed by atoms with Gasteiger partial charge < -0.3 is 9.64 Å². The number of carbonyl (C=O) groups is 2. The van der Waals surface area contributed by atoms with Crippen molar-refractivity contribution in [3.63, 3.8) is 0 Å². The molecule has 0 saturated carbocycles. The number of nitrogens with zero attached hydrogens (tertiary/aromatic N) is 2. The molecule has 0 radical (unpaired) electrons. The first-order valence-corrected chi connectivity index (χ1v) is 7.04. The van der Waals surface area contributed by atoms with Crippen molar-refractivity contribution in [1.29, 1.82) is 0 Å². The minimum Gasteiger partial charge on any atom is -0.364 e.